The number of rotatable bonds is 10. The first-order chi connectivity index (χ1) is 17.3. The molecule has 0 aliphatic heterocycles. The van der Waals surface area contributed by atoms with Crippen molar-refractivity contribution in [2.75, 3.05) is 7.11 Å². The molecular weight excluding hydrogens is 501 g/mol. The second kappa shape index (κ2) is 13.0. The molecule has 0 unspecified atom stereocenters. The van der Waals surface area contributed by atoms with Crippen LogP contribution in [-0.2, 0) is 16.0 Å². The van der Waals surface area contributed by atoms with E-state index < -0.39 is 24.0 Å². The van der Waals surface area contributed by atoms with Crippen molar-refractivity contribution in [1.29, 1.82) is 0 Å². The average molecular weight is 528 g/mol. The number of aryl methyl sites for hydroxylation is 1. The Balaban J connectivity index is 1.69. The molecule has 3 rings (SSSR count). The summed E-state index contributed by atoms with van der Waals surface area (Å²) in [5, 5.41) is 7.54. The van der Waals surface area contributed by atoms with Crippen LogP contribution in [0, 0.1) is 6.92 Å². The first kappa shape index (κ1) is 27.0. The van der Waals surface area contributed by atoms with Crippen LogP contribution in [0.3, 0.4) is 0 Å². The Morgan fingerprint density at radius 1 is 1.00 bits per heavy atom. The number of nitrogens with zero attached hydrogens (tertiary/aromatic N) is 1. The van der Waals surface area contributed by atoms with Crippen LogP contribution in [-0.4, -0.2) is 37.3 Å². The quantitative estimate of drug-likeness (QED) is 0.288. The van der Waals surface area contributed by atoms with Gasteiger partial charge in [0.15, 0.2) is 6.10 Å². The van der Waals surface area contributed by atoms with E-state index in [1.807, 2.05) is 55.5 Å². The van der Waals surface area contributed by atoms with Crippen molar-refractivity contribution in [3.8, 4) is 11.5 Å². The van der Waals surface area contributed by atoms with Crippen molar-refractivity contribution in [2.45, 2.75) is 32.4 Å². The molecule has 3 aromatic carbocycles. The average Bonchev–Trinajstić information content (AvgIpc) is 2.86. The maximum absolute atomic E-state index is 13.0. The number of methoxy groups -OCH3 is 1. The number of carbonyl (C=O) groups excluding carboxylic acids is 2. The normalized spacial score (nSPS) is 12.6. The van der Waals surface area contributed by atoms with E-state index in [-0.39, 0.29) is 11.4 Å². The van der Waals surface area contributed by atoms with Crippen molar-refractivity contribution in [3.05, 3.63) is 93.5 Å². The zero-order valence-corrected chi connectivity index (χ0v) is 21.6. The van der Waals surface area contributed by atoms with Crippen LogP contribution in [0.15, 0.2) is 71.8 Å². The van der Waals surface area contributed by atoms with Crippen molar-refractivity contribution in [1.82, 2.24) is 10.7 Å². The zero-order chi connectivity index (χ0) is 26.1. The summed E-state index contributed by atoms with van der Waals surface area (Å²) in [5.74, 6) is 0.0729. The molecule has 0 aliphatic carbocycles. The van der Waals surface area contributed by atoms with E-state index >= 15 is 0 Å². The standard InChI is InChI=1S/C27H27Cl2N3O4/c1-17-9-10-20(14-25(17)35-3)16-30-32-27(34)23(13-19-7-5-4-6-8-19)31-26(33)18(2)36-24-12-11-21(28)15-22(24)29/h4-12,14-16,18,23H,13H2,1-3H3,(H,31,33)(H,32,34)/b30-16-/t18-,23+/m1/s1. The lowest BCUT2D eigenvalue weighted by molar-refractivity contribution is -0.132. The lowest BCUT2D eigenvalue weighted by atomic mass is 10.1. The second-order valence-electron chi connectivity index (χ2n) is 8.05. The van der Waals surface area contributed by atoms with Crippen LogP contribution in [0.5, 0.6) is 11.5 Å². The topological polar surface area (TPSA) is 89.0 Å². The lowest BCUT2D eigenvalue weighted by Crippen LogP contribution is -2.50. The summed E-state index contributed by atoms with van der Waals surface area (Å²) in [6, 6.07) is 18.8. The highest BCUT2D eigenvalue weighted by atomic mass is 35.5. The fourth-order valence-corrected chi connectivity index (χ4v) is 3.78. The van der Waals surface area contributed by atoms with E-state index in [1.165, 1.54) is 12.3 Å². The summed E-state index contributed by atoms with van der Waals surface area (Å²) in [4.78, 5) is 25.9. The van der Waals surface area contributed by atoms with Gasteiger partial charge < -0.3 is 14.8 Å². The molecule has 0 saturated carbocycles. The van der Waals surface area contributed by atoms with Crippen molar-refractivity contribution in [3.63, 3.8) is 0 Å². The molecule has 9 heteroatoms. The summed E-state index contributed by atoms with van der Waals surface area (Å²) in [6.45, 7) is 3.50. The zero-order valence-electron chi connectivity index (χ0n) is 20.1. The van der Waals surface area contributed by atoms with Crippen LogP contribution in [0.2, 0.25) is 10.0 Å². The number of halogens is 2. The Hall–Kier alpha value is -3.55. The number of nitrogens with one attached hydrogen (secondary N) is 2. The van der Waals surface area contributed by atoms with E-state index in [4.69, 9.17) is 32.7 Å². The molecule has 0 bridgehead atoms. The number of benzene rings is 3. The van der Waals surface area contributed by atoms with Gasteiger partial charge in [0.25, 0.3) is 11.8 Å². The Labute approximate surface area is 220 Å². The van der Waals surface area contributed by atoms with Crippen LogP contribution in [0.25, 0.3) is 0 Å². The minimum atomic E-state index is -0.918. The number of hydrogen-bond donors (Lipinski definition) is 2. The Morgan fingerprint density at radius 2 is 1.75 bits per heavy atom. The predicted octanol–water partition coefficient (Wildman–Crippen LogP) is 4.96. The van der Waals surface area contributed by atoms with Gasteiger partial charge in [-0.3, -0.25) is 9.59 Å². The molecule has 0 aromatic heterocycles. The van der Waals surface area contributed by atoms with Crippen LogP contribution in [0.4, 0.5) is 0 Å². The first-order valence-corrected chi connectivity index (χ1v) is 12.0. The molecule has 2 N–H and O–H groups in total. The van der Waals surface area contributed by atoms with Gasteiger partial charge in [-0.15, -0.1) is 0 Å². The number of amides is 2. The highest BCUT2D eigenvalue weighted by Gasteiger charge is 2.25. The van der Waals surface area contributed by atoms with Gasteiger partial charge in [-0.05, 0) is 54.8 Å². The molecular formula is C27H27Cl2N3O4. The number of hydrazone groups is 1. The number of carbonyl (C=O) groups is 2. The molecule has 2 atom stereocenters. The van der Waals surface area contributed by atoms with Gasteiger partial charge in [-0.25, -0.2) is 5.43 Å². The SMILES string of the molecule is COc1cc(/C=N\NC(=O)[C@H](Cc2ccccc2)NC(=O)[C@@H](C)Oc2ccc(Cl)cc2Cl)ccc1C. The van der Waals surface area contributed by atoms with E-state index in [2.05, 4.69) is 15.8 Å². The molecule has 2 amide bonds. The van der Waals surface area contributed by atoms with E-state index in [1.54, 1.807) is 26.2 Å². The van der Waals surface area contributed by atoms with Crippen LogP contribution >= 0.6 is 23.2 Å². The van der Waals surface area contributed by atoms with Gasteiger partial charge in [0, 0.05) is 11.4 Å². The molecule has 0 aliphatic rings. The summed E-state index contributed by atoms with van der Waals surface area (Å²) in [6.07, 6.45) is 0.856. The summed E-state index contributed by atoms with van der Waals surface area (Å²) >= 11 is 12.1. The van der Waals surface area contributed by atoms with Gasteiger partial charge in [-0.2, -0.15) is 5.10 Å². The third kappa shape index (κ3) is 7.73. The molecule has 0 radical (unpaired) electrons. The first-order valence-electron chi connectivity index (χ1n) is 11.2. The van der Waals surface area contributed by atoms with Crippen LogP contribution in [0.1, 0.15) is 23.6 Å². The molecule has 3 aromatic rings. The van der Waals surface area contributed by atoms with Crippen molar-refractivity contribution >= 4 is 41.2 Å². The highest BCUT2D eigenvalue weighted by molar-refractivity contribution is 6.35. The molecule has 188 valence electrons. The Kier molecular flexibility index (Phi) is 9.73. The van der Waals surface area contributed by atoms with E-state index in [9.17, 15) is 9.59 Å². The third-order valence-corrected chi connectivity index (χ3v) is 5.83. The molecule has 0 spiro atoms. The Bertz CT molecular complexity index is 1230. The largest absolute Gasteiger partial charge is 0.496 e. The predicted molar refractivity (Wildman–Crippen MR) is 142 cm³/mol. The fraction of sp³-hybridized carbons (Fsp3) is 0.222. The minimum absolute atomic E-state index is 0.265. The Morgan fingerprint density at radius 3 is 2.44 bits per heavy atom. The van der Waals surface area contributed by atoms with Gasteiger partial charge in [-0.1, -0.05) is 65.7 Å². The summed E-state index contributed by atoms with van der Waals surface area (Å²) in [5.41, 5.74) is 5.13. The van der Waals surface area contributed by atoms with Crippen LogP contribution < -0.4 is 20.2 Å². The van der Waals surface area contributed by atoms with Crippen molar-refractivity contribution in [2.24, 2.45) is 5.10 Å². The number of hydrogen-bond acceptors (Lipinski definition) is 5. The fourth-order valence-electron chi connectivity index (χ4n) is 3.33. The summed E-state index contributed by atoms with van der Waals surface area (Å²) in [7, 11) is 1.59. The van der Waals surface area contributed by atoms with Gasteiger partial charge in [0.2, 0.25) is 0 Å². The third-order valence-electron chi connectivity index (χ3n) is 5.30. The monoisotopic (exact) mass is 527 g/mol. The van der Waals surface area contributed by atoms with E-state index in [0.29, 0.717) is 16.5 Å². The molecule has 0 heterocycles. The maximum Gasteiger partial charge on any atom is 0.262 e. The minimum Gasteiger partial charge on any atom is -0.496 e. The molecule has 36 heavy (non-hydrogen) atoms. The van der Waals surface area contributed by atoms with Gasteiger partial charge in [0.05, 0.1) is 18.3 Å². The molecule has 0 fully saturated rings. The molecule has 0 saturated heterocycles. The molecule has 7 nitrogen and oxygen atoms in total. The van der Waals surface area contributed by atoms with Crippen molar-refractivity contribution < 1.29 is 19.1 Å². The highest BCUT2D eigenvalue weighted by Crippen LogP contribution is 2.28. The smallest absolute Gasteiger partial charge is 0.262 e. The number of ether oxygens (including phenoxy) is 2. The summed E-state index contributed by atoms with van der Waals surface area (Å²) < 4.78 is 11.0. The second-order valence-corrected chi connectivity index (χ2v) is 8.89. The van der Waals surface area contributed by atoms with Gasteiger partial charge >= 0.3 is 0 Å². The lowest BCUT2D eigenvalue weighted by Gasteiger charge is -2.21. The maximum atomic E-state index is 13.0. The van der Waals surface area contributed by atoms with E-state index in [0.717, 1.165) is 16.7 Å². The van der Waals surface area contributed by atoms with Gasteiger partial charge in [0.1, 0.15) is 17.5 Å².